The van der Waals surface area contributed by atoms with Crippen LogP contribution in [0.2, 0.25) is 0 Å². The fourth-order valence-electron chi connectivity index (χ4n) is 1.88. The highest BCUT2D eigenvalue weighted by Crippen LogP contribution is 2.20. The number of nitrogens with one attached hydrogen (secondary N) is 1. The number of carbonyl (C=O) groups excluding carboxylic acids is 1. The molecule has 1 atom stereocenters. The number of ether oxygens (including phenoxy) is 1. The van der Waals surface area contributed by atoms with Crippen molar-refractivity contribution in [3.63, 3.8) is 0 Å². The number of hydrogen-bond acceptors (Lipinski definition) is 4. The SMILES string of the molecule is COC(CNC(=O)N(C)CCn1ccnc1)c1cccs1. The quantitative estimate of drug-likeness (QED) is 0.851. The molecule has 2 aromatic heterocycles. The minimum absolute atomic E-state index is 0.101. The van der Waals surface area contributed by atoms with Crippen molar-refractivity contribution in [1.82, 2.24) is 19.8 Å². The zero-order chi connectivity index (χ0) is 15.1. The van der Waals surface area contributed by atoms with Crippen LogP contribution in [-0.2, 0) is 11.3 Å². The first kappa shape index (κ1) is 15.5. The standard InChI is InChI=1S/C14H20N4O2S/c1-17(7-8-18-6-5-15-11-18)14(19)16-10-12(20-2)13-4-3-9-21-13/h3-6,9,11-12H,7-8,10H2,1-2H3,(H,16,19). The van der Waals surface area contributed by atoms with Gasteiger partial charge in [0.1, 0.15) is 6.10 Å². The van der Waals surface area contributed by atoms with E-state index < -0.39 is 0 Å². The summed E-state index contributed by atoms with van der Waals surface area (Å²) in [6.07, 6.45) is 5.24. The number of nitrogens with zero attached hydrogens (tertiary/aromatic N) is 3. The Labute approximate surface area is 128 Å². The average molecular weight is 308 g/mol. The van der Waals surface area contributed by atoms with Gasteiger partial charge in [0, 0.05) is 44.5 Å². The summed E-state index contributed by atoms with van der Waals surface area (Å²) in [5, 5.41) is 4.90. The Bertz CT molecular complexity index is 527. The first-order valence-corrected chi connectivity index (χ1v) is 7.59. The van der Waals surface area contributed by atoms with Crippen molar-refractivity contribution >= 4 is 17.4 Å². The fraction of sp³-hybridized carbons (Fsp3) is 0.429. The van der Waals surface area contributed by atoms with Gasteiger partial charge in [0.25, 0.3) is 0 Å². The molecule has 114 valence electrons. The number of imidazole rings is 1. The van der Waals surface area contributed by atoms with Crippen LogP contribution in [0.1, 0.15) is 11.0 Å². The van der Waals surface area contributed by atoms with Crippen molar-refractivity contribution in [3.05, 3.63) is 41.1 Å². The molecule has 0 radical (unpaired) electrons. The van der Waals surface area contributed by atoms with E-state index in [0.717, 1.165) is 11.4 Å². The van der Waals surface area contributed by atoms with E-state index >= 15 is 0 Å². The summed E-state index contributed by atoms with van der Waals surface area (Å²) < 4.78 is 7.35. The van der Waals surface area contributed by atoms with Gasteiger partial charge in [-0.15, -0.1) is 11.3 Å². The first-order valence-electron chi connectivity index (χ1n) is 6.71. The monoisotopic (exact) mass is 308 g/mol. The summed E-state index contributed by atoms with van der Waals surface area (Å²) in [7, 11) is 3.43. The summed E-state index contributed by atoms with van der Waals surface area (Å²) in [5.41, 5.74) is 0. The molecule has 2 rings (SSSR count). The second-order valence-corrected chi connectivity index (χ2v) is 5.63. The average Bonchev–Trinajstić information content (AvgIpc) is 3.18. The highest BCUT2D eigenvalue weighted by Gasteiger charge is 2.14. The van der Waals surface area contributed by atoms with Gasteiger partial charge in [-0.3, -0.25) is 0 Å². The molecule has 6 nitrogen and oxygen atoms in total. The summed E-state index contributed by atoms with van der Waals surface area (Å²) in [6.45, 7) is 1.81. The fourth-order valence-corrected chi connectivity index (χ4v) is 2.68. The van der Waals surface area contributed by atoms with Gasteiger partial charge in [0.05, 0.1) is 12.9 Å². The van der Waals surface area contributed by atoms with E-state index in [1.807, 2.05) is 28.3 Å². The van der Waals surface area contributed by atoms with E-state index in [2.05, 4.69) is 10.3 Å². The molecule has 2 aromatic rings. The predicted molar refractivity (Wildman–Crippen MR) is 82.3 cm³/mol. The predicted octanol–water partition coefficient (Wildman–Crippen LogP) is 1.97. The van der Waals surface area contributed by atoms with Gasteiger partial charge in [-0.2, -0.15) is 0 Å². The third-order valence-corrected chi connectivity index (χ3v) is 4.15. The van der Waals surface area contributed by atoms with Crippen LogP contribution >= 0.6 is 11.3 Å². The van der Waals surface area contributed by atoms with E-state index in [9.17, 15) is 4.79 Å². The highest BCUT2D eigenvalue weighted by molar-refractivity contribution is 7.10. The molecule has 0 saturated heterocycles. The topological polar surface area (TPSA) is 59.4 Å². The largest absolute Gasteiger partial charge is 0.374 e. The second kappa shape index (κ2) is 7.80. The Kier molecular flexibility index (Phi) is 5.77. The molecule has 0 aliphatic rings. The third-order valence-electron chi connectivity index (χ3n) is 3.18. The molecule has 0 fully saturated rings. The molecule has 0 aromatic carbocycles. The molecular weight excluding hydrogens is 288 g/mol. The Hall–Kier alpha value is -1.86. The van der Waals surface area contributed by atoms with Crippen LogP contribution in [0.25, 0.3) is 0 Å². The number of rotatable bonds is 7. The maximum absolute atomic E-state index is 12.0. The van der Waals surface area contributed by atoms with Crippen molar-refractivity contribution in [2.75, 3.05) is 27.2 Å². The Balaban J connectivity index is 1.75. The summed E-state index contributed by atoms with van der Waals surface area (Å²) in [5.74, 6) is 0. The smallest absolute Gasteiger partial charge is 0.317 e. The molecule has 7 heteroatoms. The maximum Gasteiger partial charge on any atom is 0.317 e. The molecule has 1 N–H and O–H groups in total. The lowest BCUT2D eigenvalue weighted by molar-refractivity contribution is 0.105. The Morgan fingerprint density at radius 3 is 3.10 bits per heavy atom. The van der Waals surface area contributed by atoms with Gasteiger partial charge in [0.2, 0.25) is 0 Å². The van der Waals surface area contributed by atoms with Crippen LogP contribution in [0.15, 0.2) is 36.2 Å². The van der Waals surface area contributed by atoms with Crippen LogP contribution in [0, 0.1) is 0 Å². The van der Waals surface area contributed by atoms with Crippen LogP contribution in [-0.4, -0.2) is 47.7 Å². The van der Waals surface area contributed by atoms with Crippen molar-refractivity contribution in [3.8, 4) is 0 Å². The van der Waals surface area contributed by atoms with Gasteiger partial charge >= 0.3 is 6.03 Å². The number of thiophene rings is 1. The van der Waals surface area contributed by atoms with Crippen LogP contribution in [0.5, 0.6) is 0 Å². The lowest BCUT2D eigenvalue weighted by atomic mass is 10.3. The molecule has 21 heavy (non-hydrogen) atoms. The Morgan fingerprint density at radius 1 is 1.62 bits per heavy atom. The molecule has 0 aliphatic carbocycles. The van der Waals surface area contributed by atoms with Gasteiger partial charge in [0.15, 0.2) is 0 Å². The van der Waals surface area contributed by atoms with Gasteiger partial charge < -0.3 is 19.5 Å². The molecular formula is C14H20N4O2S. The minimum Gasteiger partial charge on any atom is -0.374 e. The normalized spacial score (nSPS) is 12.1. The van der Waals surface area contributed by atoms with E-state index in [1.165, 1.54) is 0 Å². The van der Waals surface area contributed by atoms with Gasteiger partial charge in [-0.05, 0) is 11.4 Å². The summed E-state index contributed by atoms with van der Waals surface area (Å²) >= 11 is 1.62. The zero-order valence-electron chi connectivity index (χ0n) is 12.2. The molecule has 0 bridgehead atoms. The number of carbonyl (C=O) groups is 1. The molecule has 1 unspecified atom stereocenters. The van der Waals surface area contributed by atoms with E-state index in [4.69, 9.17) is 4.74 Å². The lowest BCUT2D eigenvalue weighted by Gasteiger charge is -2.20. The zero-order valence-corrected chi connectivity index (χ0v) is 13.0. The van der Waals surface area contributed by atoms with Crippen LogP contribution in [0.3, 0.4) is 0 Å². The summed E-state index contributed by atoms with van der Waals surface area (Å²) in [4.78, 5) is 18.8. The van der Waals surface area contributed by atoms with Crippen molar-refractivity contribution in [1.29, 1.82) is 0 Å². The molecule has 0 saturated carbocycles. The van der Waals surface area contributed by atoms with Crippen LogP contribution in [0.4, 0.5) is 4.79 Å². The molecule has 2 heterocycles. The summed E-state index contributed by atoms with van der Waals surface area (Å²) in [6, 6.07) is 3.88. The second-order valence-electron chi connectivity index (χ2n) is 4.65. The van der Waals surface area contributed by atoms with E-state index in [0.29, 0.717) is 13.1 Å². The minimum atomic E-state index is -0.103. The maximum atomic E-state index is 12.0. The van der Waals surface area contributed by atoms with Crippen LogP contribution < -0.4 is 5.32 Å². The first-order chi connectivity index (χ1) is 10.2. The number of hydrogen-bond donors (Lipinski definition) is 1. The lowest BCUT2D eigenvalue weighted by Crippen LogP contribution is -2.40. The third kappa shape index (κ3) is 4.57. The number of urea groups is 1. The number of amides is 2. The van der Waals surface area contributed by atoms with Gasteiger partial charge in [-0.1, -0.05) is 6.07 Å². The molecule has 0 spiro atoms. The van der Waals surface area contributed by atoms with E-state index in [1.54, 1.807) is 42.9 Å². The highest BCUT2D eigenvalue weighted by atomic mass is 32.1. The number of aromatic nitrogens is 2. The van der Waals surface area contributed by atoms with Crippen molar-refractivity contribution in [2.24, 2.45) is 0 Å². The van der Waals surface area contributed by atoms with Crippen molar-refractivity contribution < 1.29 is 9.53 Å². The number of methoxy groups -OCH3 is 1. The molecule has 0 aliphatic heterocycles. The van der Waals surface area contributed by atoms with E-state index in [-0.39, 0.29) is 12.1 Å². The number of likely N-dealkylation sites (N-methyl/N-ethyl adjacent to an activating group) is 1. The Morgan fingerprint density at radius 2 is 2.48 bits per heavy atom. The van der Waals surface area contributed by atoms with Gasteiger partial charge in [-0.25, -0.2) is 9.78 Å². The molecule has 2 amide bonds. The van der Waals surface area contributed by atoms with Crippen molar-refractivity contribution in [2.45, 2.75) is 12.6 Å².